The van der Waals surface area contributed by atoms with Crippen molar-refractivity contribution < 1.29 is 9.47 Å². The molecule has 22 heavy (non-hydrogen) atoms. The third kappa shape index (κ3) is 3.60. The molecule has 0 radical (unpaired) electrons. The van der Waals surface area contributed by atoms with Crippen LogP contribution < -0.4 is 15.2 Å². The van der Waals surface area contributed by atoms with Crippen LogP contribution in [-0.4, -0.2) is 14.2 Å². The molecule has 0 saturated carbocycles. The molecule has 0 fully saturated rings. The Labute approximate surface area is 133 Å². The second kappa shape index (κ2) is 7.32. The lowest BCUT2D eigenvalue weighted by Crippen LogP contribution is -2.12. The molecule has 0 saturated heterocycles. The number of hydrogen-bond acceptors (Lipinski definition) is 3. The van der Waals surface area contributed by atoms with Crippen molar-refractivity contribution in [2.45, 2.75) is 32.2 Å². The van der Waals surface area contributed by atoms with E-state index in [9.17, 15) is 0 Å². The topological polar surface area (TPSA) is 44.5 Å². The van der Waals surface area contributed by atoms with E-state index in [-0.39, 0.29) is 6.04 Å². The molecule has 0 aliphatic rings. The molecule has 0 amide bonds. The van der Waals surface area contributed by atoms with E-state index in [0.717, 1.165) is 29.0 Å². The summed E-state index contributed by atoms with van der Waals surface area (Å²) >= 11 is 0. The van der Waals surface area contributed by atoms with Crippen molar-refractivity contribution >= 4 is 0 Å². The van der Waals surface area contributed by atoms with Crippen molar-refractivity contribution in [2.75, 3.05) is 14.2 Å². The van der Waals surface area contributed by atoms with Gasteiger partial charge in [0.15, 0.2) is 0 Å². The molecule has 0 aromatic heterocycles. The van der Waals surface area contributed by atoms with Crippen LogP contribution in [0.15, 0.2) is 42.5 Å². The fourth-order valence-electron chi connectivity index (χ4n) is 2.47. The standard InChI is InChI=1S/C19H25NO2/c1-5-13(2)14-6-8-15(9-7-14)19(20)16-10-17(21-3)12-18(11-16)22-4/h6-13,19H,5,20H2,1-4H3. The Bertz CT molecular complexity index is 585. The average Bonchev–Trinajstić information content (AvgIpc) is 2.59. The molecule has 0 heterocycles. The minimum Gasteiger partial charge on any atom is -0.497 e. The van der Waals surface area contributed by atoms with Crippen molar-refractivity contribution in [3.63, 3.8) is 0 Å². The highest BCUT2D eigenvalue weighted by Crippen LogP contribution is 2.29. The quantitative estimate of drug-likeness (QED) is 0.866. The van der Waals surface area contributed by atoms with E-state index in [1.54, 1.807) is 14.2 Å². The molecular weight excluding hydrogens is 274 g/mol. The molecule has 2 aromatic carbocycles. The SMILES string of the molecule is CCC(C)c1ccc(C(N)c2cc(OC)cc(OC)c2)cc1. The van der Waals surface area contributed by atoms with E-state index in [1.165, 1.54) is 5.56 Å². The molecule has 3 heteroatoms. The Morgan fingerprint density at radius 3 is 1.82 bits per heavy atom. The summed E-state index contributed by atoms with van der Waals surface area (Å²) in [6, 6.07) is 14.1. The zero-order valence-corrected chi connectivity index (χ0v) is 13.8. The van der Waals surface area contributed by atoms with Crippen LogP contribution in [0.25, 0.3) is 0 Å². The maximum absolute atomic E-state index is 6.41. The maximum Gasteiger partial charge on any atom is 0.122 e. The smallest absolute Gasteiger partial charge is 0.122 e. The first-order chi connectivity index (χ1) is 10.6. The second-order valence-electron chi connectivity index (χ2n) is 5.60. The molecule has 2 aromatic rings. The molecule has 2 atom stereocenters. The van der Waals surface area contributed by atoms with Gasteiger partial charge in [-0.3, -0.25) is 0 Å². The van der Waals surface area contributed by atoms with Gasteiger partial charge >= 0.3 is 0 Å². The molecule has 0 spiro atoms. The van der Waals surface area contributed by atoms with Crippen LogP contribution in [-0.2, 0) is 0 Å². The Morgan fingerprint density at radius 2 is 1.36 bits per heavy atom. The number of benzene rings is 2. The first-order valence-electron chi connectivity index (χ1n) is 7.67. The van der Waals surface area contributed by atoms with Crippen molar-refractivity contribution in [1.82, 2.24) is 0 Å². The largest absolute Gasteiger partial charge is 0.497 e. The third-order valence-electron chi connectivity index (χ3n) is 4.21. The lowest BCUT2D eigenvalue weighted by Gasteiger charge is -2.16. The lowest BCUT2D eigenvalue weighted by molar-refractivity contribution is 0.393. The average molecular weight is 299 g/mol. The minimum absolute atomic E-state index is 0.199. The normalized spacial score (nSPS) is 13.5. The number of ether oxygens (including phenoxy) is 2. The summed E-state index contributed by atoms with van der Waals surface area (Å²) in [7, 11) is 3.29. The number of nitrogens with two attached hydrogens (primary N) is 1. The van der Waals surface area contributed by atoms with Crippen LogP contribution in [0.1, 0.15) is 48.9 Å². The Hall–Kier alpha value is -2.00. The Kier molecular flexibility index (Phi) is 5.45. The van der Waals surface area contributed by atoms with Crippen LogP contribution in [0.5, 0.6) is 11.5 Å². The molecule has 2 rings (SSSR count). The van der Waals surface area contributed by atoms with Gasteiger partial charge in [-0.25, -0.2) is 0 Å². The van der Waals surface area contributed by atoms with Gasteiger partial charge in [0.05, 0.1) is 20.3 Å². The monoisotopic (exact) mass is 299 g/mol. The van der Waals surface area contributed by atoms with Gasteiger partial charge in [0.25, 0.3) is 0 Å². The van der Waals surface area contributed by atoms with Crippen molar-refractivity contribution in [1.29, 1.82) is 0 Å². The lowest BCUT2D eigenvalue weighted by atomic mass is 9.94. The highest BCUT2D eigenvalue weighted by atomic mass is 16.5. The summed E-state index contributed by atoms with van der Waals surface area (Å²) in [4.78, 5) is 0. The van der Waals surface area contributed by atoms with Gasteiger partial charge in [0, 0.05) is 6.07 Å². The predicted octanol–water partition coefficient (Wildman–Crippen LogP) is 4.27. The Morgan fingerprint density at radius 1 is 0.864 bits per heavy atom. The van der Waals surface area contributed by atoms with Gasteiger partial charge < -0.3 is 15.2 Å². The second-order valence-corrected chi connectivity index (χ2v) is 5.60. The molecule has 0 aliphatic heterocycles. The van der Waals surface area contributed by atoms with Crippen LogP contribution >= 0.6 is 0 Å². The van der Waals surface area contributed by atoms with Crippen molar-refractivity contribution in [3.05, 3.63) is 59.2 Å². The van der Waals surface area contributed by atoms with E-state index in [4.69, 9.17) is 15.2 Å². The maximum atomic E-state index is 6.41. The zero-order valence-electron chi connectivity index (χ0n) is 13.8. The van der Waals surface area contributed by atoms with E-state index < -0.39 is 0 Å². The Balaban J connectivity index is 2.29. The molecule has 118 valence electrons. The van der Waals surface area contributed by atoms with Crippen LogP contribution in [0.4, 0.5) is 0 Å². The highest BCUT2D eigenvalue weighted by Gasteiger charge is 2.13. The van der Waals surface area contributed by atoms with Gasteiger partial charge in [0.1, 0.15) is 11.5 Å². The van der Waals surface area contributed by atoms with Crippen LogP contribution in [0.3, 0.4) is 0 Å². The molecule has 3 nitrogen and oxygen atoms in total. The van der Waals surface area contributed by atoms with Crippen LogP contribution in [0, 0.1) is 0 Å². The van der Waals surface area contributed by atoms with E-state index in [1.807, 2.05) is 18.2 Å². The predicted molar refractivity (Wildman–Crippen MR) is 90.7 cm³/mol. The van der Waals surface area contributed by atoms with E-state index in [0.29, 0.717) is 5.92 Å². The number of rotatable bonds is 6. The first-order valence-corrected chi connectivity index (χ1v) is 7.67. The summed E-state index contributed by atoms with van der Waals surface area (Å²) in [6.45, 7) is 4.44. The zero-order chi connectivity index (χ0) is 16.1. The molecular formula is C19H25NO2. The van der Waals surface area contributed by atoms with E-state index in [2.05, 4.69) is 38.1 Å². The summed E-state index contributed by atoms with van der Waals surface area (Å²) < 4.78 is 10.6. The fourth-order valence-corrected chi connectivity index (χ4v) is 2.47. The van der Waals surface area contributed by atoms with Gasteiger partial charge in [-0.1, -0.05) is 38.1 Å². The summed E-state index contributed by atoms with van der Waals surface area (Å²) in [6.07, 6.45) is 1.14. The first kappa shape index (κ1) is 16.4. The minimum atomic E-state index is -0.199. The molecule has 0 bridgehead atoms. The number of methoxy groups -OCH3 is 2. The van der Waals surface area contributed by atoms with Crippen molar-refractivity contribution in [3.8, 4) is 11.5 Å². The third-order valence-corrected chi connectivity index (χ3v) is 4.21. The fraction of sp³-hybridized carbons (Fsp3) is 0.368. The number of hydrogen-bond donors (Lipinski definition) is 1. The summed E-state index contributed by atoms with van der Waals surface area (Å²) in [5.74, 6) is 2.07. The highest BCUT2D eigenvalue weighted by molar-refractivity contribution is 5.43. The summed E-state index contributed by atoms with van der Waals surface area (Å²) in [5.41, 5.74) is 9.82. The van der Waals surface area contributed by atoms with Crippen LogP contribution in [0.2, 0.25) is 0 Å². The van der Waals surface area contributed by atoms with Gasteiger partial charge in [-0.15, -0.1) is 0 Å². The summed E-state index contributed by atoms with van der Waals surface area (Å²) in [5, 5.41) is 0. The van der Waals surface area contributed by atoms with Gasteiger partial charge in [-0.05, 0) is 41.2 Å². The van der Waals surface area contributed by atoms with Gasteiger partial charge in [0.2, 0.25) is 0 Å². The molecule has 2 unspecified atom stereocenters. The van der Waals surface area contributed by atoms with E-state index >= 15 is 0 Å². The molecule has 2 N–H and O–H groups in total. The van der Waals surface area contributed by atoms with Gasteiger partial charge in [-0.2, -0.15) is 0 Å². The molecule has 0 aliphatic carbocycles. The van der Waals surface area contributed by atoms with Crippen molar-refractivity contribution in [2.24, 2.45) is 5.73 Å².